The van der Waals surface area contributed by atoms with Gasteiger partial charge in [-0.1, -0.05) is 35.9 Å². The van der Waals surface area contributed by atoms with Crippen LogP contribution in [-0.2, 0) is 0 Å². The van der Waals surface area contributed by atoms with Gasteiger partial charge in [0, 0.05) is 11.1 Å². The van der Waals surface area contributed by atoms with Crippen molar-refractivity contribution in [3.05, 3.63) is 65.0 Å². The average Bonchev–Trinajstić information content (AvgIpc) is 2.91. The molecule has 3 nitrogen and oxygen atoms in total. The van der Waals surface area contributed by atoms with Crippen LogP contribution in [0.2, 0.25) is 0 Å². The van der Waals surface area contributed by atoms with Crippen LogP contribution in [0.4, 0.5) is 4.39 Å². The van der Waals surface area contributed by atoms with Gasteiger partial charge in [0.2, 0.25) is 0 Å². The summed E-state index contributed by atoms with van der Waals surface area (Å²) in [5, 5.41) is 9.96. The maximum atomic E-state index is 13.8. The van der Waals surface area contributed by atoms with Crippen molar-refractivity contribution >= 4 is 0 Å². The van der Waals surface area contributed by atoms with Crippen LogP contribution < -0.4 is 10.9 Å². The molecule has 0 aromatic heterocycles. The van der Waals surface area contributed by atoms with Crippen molar-refractivity contribution in [2.24, 2.45) is 0 Å². The van der Waals surface area contributed by atoms with Crippen molar-refractivity contribution in [2.75, 3.05) is 0 Å². The van der Waals surface area contributed by atoms with Crippen LogP contribution in [0.3, 0.4) is 0 Å². The van der Waals surface area contributed by atoms with Gasteiger partial charge in [-0.25, -0.2) is 15.2 Å². The van der Waals surface area contributed by atoms with Gasteiger partial charge in [-0.05, 0) is 25.5 Å². The zero-order chi connectivity index (χ0) is 14.1. The number of hydrogen-bond donors (Lipinski definition) is 3. The second-order valence-electron chi connectivity index (χ2n) is 5.21. The molecule has 1 heterocycles. The molecule has 20 heavy (non-hydrogen) atoms. The van der Waals surface area contributed by atoms with Crippen LogP contribution in [0, 0.1) is 12.7 Å². The molecule has 2 aromatic rings. The van der Waals surface area contributed by atoms with Gasteiger partial charge in [-0.15, -0.1) is 0 Å². The first-order chi connectivity index (χ1) is 9.65. The lowest BCUT2D eigenvalue weighted by molar-refractivity contribution is 0.453. The highest BCUT2D eigenvalue weighted by Gasteiger charge is 2.29. The summed E-state index contributed by atoms with van der Waals surface area (Å²) in [6.07, 6.45) is 0.692. The Morgan fingerprint density at radius 3 is 2.50 bits per heavy atom. The maximum Gasteiger partial charge on any atom is 0.128 e. The smallest absolute Gasteiger partial charge is 0.128 e. The molecule has 3 N–H and O–H groups in total. The van der Waals surface area contributed by atoms with E-state index >= 15 is 0 Å². The molecule has 1 aliphatic rings. The lowest BCUT2D eigenvalue weighted by Gasteiger charge is -2.13. The van der Waals surface area contributed by atoms with Crippen LogP contribution in [0.25, 0.3) is 0 Å². The minimum absolute atomic E-state index is 0.0282. The first kappa shape index (κ1) is 13.1. The van der Waals surface area contributed by atoms with Crippen molar-refractivity contribution < 1.29 is 9.50 Å². The first-order valence-corrected chi connectivity index (χ1v) is 6.70. The van der Waals surface area contributed by atoms with Gasteiger partial charge >= 0.3 is 0 Å². The molecule has 0 bridgehead atoms. The lowest BCUT2D eigenvalue weighted by Crippen LogP contribution is -2.27. The van der Waals surface area contributed by atoms with Crippen LogP contribution in [-0.4, -0.2) is 5.11 Å². The maximum absolute atomic E-state index is 13.8. The minimum atomic E-state index is -0.207. The molecule has 4 heteroatoms. The number of aryl methyl sites for hydroxylation is 1. The number of benzene rings is 2. The third kappa shape index (κ3) is 2.40. The van der Waals surface area contributed by atoms with E-state index in [1.165, 1.54) is 6.07 Å². The van der Waals surface area contributed by atoms with Crippen LogP contribution >= 0.6 is 0 Å². The highest BCUT2D eigenvalue weighted by molar-refractivity contribution is 5.39. The van der Waals surface area contributed by atoms with Crippen molar-refractivity contribution in [1.29, 1.82) is 0 Å². The van der Waals surface area contributed by atoms with Gasteiger partial charge in [0.05, 0.1) is 12.1 Å². The zero-order valence-corrected chi connectivity index (χ0v) is 11.2. The molecule has 104 valence electrons. The molecule has 0 aliphatic carbocycles. The van der Waals surface area contributed by atoms with Gasteiger partial charge < -0.3 is 5.11 Å². The fourth-order valence-electron chi connectivity index (χ4n) is 2.67. The molecule has 0 saturated carbocycles. The SMILES string of the molecule is Cc1ccc(O)c(C2CC(c3ccccc3F)NN2)c1. The van der Waals surface area contributed by atoms with Crippen molar-refractivity contribution in [1.82, 2.24) is 10.9 Å². The summed E-state index contributed by atoms with van der Waals surface area (Å²) < 4.78 is 13.8. The number of hydrazine groups is 1. The van der Waals surface area contributed by atoms with Gasteiger partial charge in [0.25, 0.3) is 0 Å². The average molecular weight is 272 g/mol. The molecular formula is C16H17FN2O. The fourth-order valence-corrected chi connectivity index (χ4v) is 2.67. The summed E-state index contributed by atoms with van der Waals surface area (Å²) in [6, 6.07) is 12.2. The predicted molar refractivity (Wildman–Crippen MR) is 75.6 cm³/mol. The Morgan fingerprint density at radius 2 is 1.75 bits per heavy atom. The van der Waals surface area contributed by atoms with E-state index in [1.807, 2.05) is 25.1 Å². The Kier molecular flexibility index (Phi) is 3.42. The Balaban J connectivity index is 1.83. The van der Waals surface area contributed by atoms with E-state index < -0.39 is 0 Å². The largest absolute Gasteiger partial charge is 0.508 e. The van der Waals surface area contributed by atoms with Crippen LogP contribution in [0.15, 0.2) is 42.5 Å². The van der Waals surface area contributed by atoms with Gasteiger partial charge in [0.1, 0.15) is 11.6 Å². The Hall–Kier alpha value is -1.91. The monoisotopic (exact) mass is 272 g/mol. The fraction of sp³-hybridized carbons (Fsp3) is 0.250. The number of aromatic hydroxyl groups is 1. The first-order valence-electron chi connectivity index (χ1n) is 6.70. The van der Waals surface area contributed by atoms with Crippen LogP contribution in [0.5, 0.6) is 5.75 Å². The van der Waals surface area contributed by atoms with E-state index in [4.69, 9.17) is 0 Å². The second-order valence-corrected chi connectivity index (χ2v) is 5.21. The molecule has 0 amide bonds. The zero-order valence-electron chi connectivity index (χ0n) is 11.2. The van der Waals surface area contributed by atoms with Gasteiger partial charge in [-0.2, -0.15) is 0 Å². The number of nitrogens with one attached hydrogen (secondary N) is 2. The summed E-state index contributed by atoms with van der Waals surface area (Å²) in [7, 11) is 0. The molecule has 1 saturated heterocycles. The molecule has 1 aliphatic heterocycles. The summed E-state index contributed by atoms with van der Waals surface area (Å²) in [4.78, 5) is 0. The number of halogens is 1. The van der Waals surface area contributed by atoms with E-state index in [9.17, 15) is 9.50 Å². The van der Waals surface area contributed by atoms with E-state index in [2.05, 4.69) is 10.9 Å². The predicted octanol–water partition coefficient (Wildman–Crippen LogP) is 3.12. The topological polar surface area (TPSA) is 44.3 Å². The third-order valence-electron chi connectivity index (χ3n) is 3.74. The third-order valence-corrected chi connectivity index (χ3v) is 3.74. The lowest BCUT2D eigenvalue weighted by atomic mass is 9.96. The summed E-state index contributed by atoms with van der Waals surface area (Å²) >= 11 is 0. The summed E-state index contributed by atoms with van der Waals surface area (Å²) in [5.41, 5.74) is 8.83. The minimum Gasteiger partial charge on any atom is -0.508 e. The Morgan fingerprint density at radius 1 is 1.05 bits per heavy atom. The highest BCUT2D eigenvalue weighted by Crippen LogP contribution is 2.35. The molecule has 2 aromatic carbocycles. The molecule has 2 unspecified atom stereocenters. The molecule has 2 atom stereocenters. The van der Waals surface area contributed by atoms with Crippen molar-refractivity contribution in [2.45, 2.75) is 25.4 Å². The highest BCUT2D eigenvalue weighted by atomic mass is 19.1. The van der Waals surface area contributed by atoms with Gasteiger partial charge in [0.15, 0.2) is 0 Å². The molecular weight excluding hydrogens is 255 g/mol. The molecule has 3 rings (SSSR count). The number of hydrogen-bond acceptors (Lipinski definition) is 3. The number of phenolic OH excluding ortho intramolecular Hbond substituents is 1. The number of phenols is 1. The van der Waals surface area contributed by atoms with E-state index in [0.717, 1.165) is 11.1 Å². The Bertz CT molecular complexity index is 630. The quantitative estimate of drug-likeness (QED) is 0.787. The molecule has 0 spiro atoms. The second kappa shape index (κ2) is 5.23. The molecule has 0 radical (unpaired) electrons. The van der Waals surface area contributed by atoms with E-state index in [1.54, 1.807) is 18.2 Å². The van der Waals surface area contributed by atoms with Crippen LogP contribution in [0.1, 0.15) is 35.2 Å². The van der Waals surface area contributed by atoms with E-state index in [-0.39, 0.29) is 23.7 Å². The summed E-state index contributed by atoms with van der Waals surface area (Å²) in [5.74, 6) is 0.0602. The van der Waals surface area contributed by atoms with E-state index in [0.29, 0.717) is 12.0 Å². The van der Waals surface area contributed by atoms with Gasteiger partial charge in [-0.3, -0.25) is 0 Å². The van der Waals surface area contributed by atoms with Crippen molar-refractivity contribution in [3.8, 4) is 5.75 Å². The summed E-state index contributed by atoms with van der Waals surface area (Å²) in [6.45, 7) is 1.99. The van der Waals surface area contributed by atoms with Crippen molar-refractivity contribution in [3.63, 3.8) is 0 Å². The Labute approximate surface area is 117 Å². The molecule has 1 fully saturated rings. The normalized spacial score (nSPS) is 22.1. The standard InChI is InChI=1S/C16H17FN2O/c1-10-6-7-16(20)12(8-10)15-9-14(18-19-15)11-4-2-3-5-13(11)17/h2-8,14-15,18-20H,9H2,1H3. The number of rotatable bonds is 2.